The van der Waals surface area contributed by atoms with Crippen LogP contribution in [-0.4, -0.2) is 41.7 Å². The van der Waals surface area contributed by atoms with E-state index in [2.05, 4.69) is 29.2 Å². The van der Waals surface area contributed by atoms with Gasteiger partial charge in [-0.1, -0.05) is 30.3 Å². The van der Waals surface area contributed by atoms with Gasteiger partial charge in [-0.3, -0.25) is 4.79 Å². The van der Waals surface area contributed by atoms with E-state index in [0.717, 1.165) is 56.4 Å². The molecule has 3 unspecified atom stereocenters. The summed E-state index contributed by atoms with van der Waals surface area (Å²) in [6.45, 7) is 2.71. The number of ether oxygens (including phenoxy) is 1. The molecule has 3 aliphatic rings. The summed E-state index contributed by atoms with van der Waals surface area (Å²) < 4.78 is 20.7. The summed E-state index contributed by atoms with van der Waals surface area (Å²) in [7, 11) is 0. The van der Waals surface area contributed by atoms with Gasteiger partial charge in [0.05, 0.1) is 12.2 Å². The molecule has 4 nitrogen and oxygen atoms in total. The van der Waals surface area contributed by atoms with Crippen molar-refractivity contribution >= 4 is 5.97 Å². The fraction of sp³-hybridized carbons (Fsp3) is 0.480. The highest BCUT2D eigenvalue weighted by Gasteiger charge is 2.41. The highest BCUT2D eigenvalue weighted by atomic mass is 19.1. The van der Waals surface area contributed by atoms with Crippen molar-refractivity contribution in [2.45, 2.75) is 50.2 Å². The maximum atomic E-state index is 14.1. The summed E-state index contributed by atoms with van der Waals surface area (Å²) in [5, 5.41) is 9.02. The number of aliphatic carboxylic acids is 1. The van der Waals surface area contributed by atoms with Crippen LogP contribution in [0.3, 0.4) is 0 Å². The molecule has 0 saturated carbocycles. The van der Waals surface area contributed by atoms with E-state index in [4.69, 9.17) is 9.84 Å². The second kappa shape index (κ2) is 8.12. The molecule has 2 heterocycles. The van der Waals surface area contributed by atoms with Crippen LogP contribution in [0.15, 0.2) is 42.5 Å². The van der Waals surface area contributed by atoms with Crippen LogP contribution in [0.5, 0.6) is 0 Å². The first kappa shape index (κ1) is 19.7. The zero-order valence-electron chi connectivity index (χ0n) is 17.1. The van der Waals surface area contributed by atoms with Crippen LogP contribution in [0.4, 0.5) is 4.39 Å². The molecule has 1 N–H and O–H groups in total. The molecule has 0 aromatic heterocycles. The Kier molecular flexibility index (Phi) is 5.34. The van der Waals surface area contributed by atoms with Crippen molar-refractivity contribution in [3.05, 3.63) is 70.5 Å². The predicted molar refractivity (Wildman–Crippen MR) is 112 cm³/mol. The monoisotopic (exact) mass is 409 g/mol. The van der Waals surface area contributed by atoms with Gasteiger partial charge in [-0.2, -0.15) is 0 Å². The minimum Gasteiger partial charge on any atom is -0.481 e. The molecular formula is C25H28FNO3. The third-order valence-corrected chi connectivity index (χ3v) is 7.10. The lowest BCUT2D eigenvalue weighted by molar-refractivity contribution is -0.138. The van der Waals surface area contributed by atoms with Gasteiger partial charge in [-0.25, -0.2) is 4.39 Å². The highest BCUT2D eigenvalue weighted by molar-refractivity contribution is 5.67. The predicted octanol–water partition coefficient (Wildman–Crippen LogP) is 4.53. The van der Waals surface area contributed by atoms with E-state index in [9.17, 15) is 9.18 Å². The van der Waals surface area contributed by atoms with Gasteiger partial charge in [-0.15, -0.1) is 0 Å². The smallest absolute Gasteiger partial charge is 0.303 e. The second-order valence-corrected chi connectivity index (χ2v) is 9.08. The molecule has 2 saturated heterocycles. The number of piperidine rings is 1. The normalized spacial score (nSPS) is 26.5. The fourth-order valence-electron chi connectivity index (χ4n) is 5.62. The molecule has 158 valence electrons. The van der Waals surface area contributed by atoms with Crippen LogP contribution in [0.1, 0.15) is 60.0 Å². The minimum atomic E-state index is -0.697. The van der Waals surface area contributed by atoms with Crippen molar-refractivity contribution in [2.24, 2.45) is 5.92 Å². The van der Waals surface area contributed by atoms with E-state index >= 15 is 0 Å². The first-order chi connectivity index (χ1) is 14.6. The van der Waals surface area contributed by atoms with Gasteiger partial charge in [-0.05, 0) is 79.1 Å². The molecule has 5 rings (SSSR count). The van der Waals surface area contributed by atoms with Gasteiger partial charge in [0.15, 0.2) is 0 Å². The maximum Gasteiger partial charge on any atom is 0.303 e. The van der Waals surface area contributed by atoms with Gasteiger partial charge in [0.25, 0.3) is 0 Å². The van der Waals surface area contributed by atoms with Crippen molar-refractivity contribution in [3.8, 4) is 0 Å². The Labute approximate surface area is 176 Å². The number of nitrogens with zero attached hydrogens (tertiary/aromatic N) is 1. The van der Waals surface area contributed by atoms with E-state index < -0.39 is 5.97 Å². The minimum absolute atomic E-state index is 0.103. The molecular weight excluding hydrogens is 381 g/mol. The zero-order valence-corrected chi connectivity index (χ0v) is 17.1. The van der Waals surface area contributed by atoms with Gasteiger partial charge in [0, 0.05) is 18.9 Å². The van der Waals surface area contributed by atoms with Crippen molar-refractivity contribution in [3.63, 3.8) is 0 Å². The molecule has 0 radical (unpaired) electrons. The van der Waals surface area contributed by atoms with Gasteiger partial charge in [0.2, 0.25) is 0 Å². The number of carboxylic acid groups (broad SMARTS) is 1. The van der Waals surface area contributed by atoms with E-state index in [1.807, 2.05) is 6.07 Å². The lowest BCUT2D eigenvalue weighted by Gasteiger charge is -2.32. The number of fused-ring (bicyclic) bond motifs is 5. The lowest BCUT2D eigenvalue weighted by Crippen LogP contribution is -2.39. The topological polar surface area (TPSA) is 49.8 Å². The first-order valence-electron chi connectivity index (χ1n) is 11.0. The third-order valence-electron chi connectivity index (χ3n) is 7.10. The molecule has 2 fully saturated rings. The van der Waals surface area contributed by atoms with Crippen LogP contribution < -0.4 is 0 Å². The highest BCUT2D eigenvalue weighted by Crippen LogP contribution is 2.49. The largest absolute Gasteiger partial charge is 0.481 e. The van der Waals surface area contributed by atoms with Crippen LogP contribution in [0.2, 0.25) is 0 Å². The maximum absolute atomic E-state index is 14.1. The lowest BCUT2D eigenvalue weighted by atomic mass is 9.87. The number of likely N-dealkylation sites (tertiary alicyclic amines) is 1. The summed E-state index contributed by atoms with van der Waals surface area (Å²) in [6.07, 6.45) is 3.91. The molecule has 5 heteroatoms. The Morgan fingerprint density at radius 1 is 1.10 bits per heavy atom. The number of hydrogen-bond acceptors (Lipinski definition) is 3. The number of carbonyl (C=O) groups is 1. The quantitative estimate of drug-likeness (QED) is 0.806. The molecule has 3 atom stereocenters. The van der Waals surface area contributed by atoms with Crippen molar-refractivity contribution in [1.82, 2.24) is 4.90 Å². The third kappa shape index (κ3) is 3.88. The standard InChI is InChI=1S/C25H28FNO3/c26-19-6-5-18-12-17-3-1-2-4-21(17)23-14-20(30-25(23)22(18)13-19)15-27-9-7-16(8-10-27)11-24(28)29/h1-6,13,16,20,23,25H,7-12,14-15H2,(H,28,29). The Balaban J connectivity index is 1.34. The average molecular weight is 410 g/mol. The number of carboxylic acids is 1. The van der Waals surface area contributed by atoms with E-state index in [-0.39, 0.29) is 36.3 Å². The first-order valence-corrected chi connectivity index (χ1v) is 11.0. The molecule has 2 aliphatic heterocycles. The van der Waals surface area contributed by atoms with Gasteiger partial charge in [0.1, 0.15) is 5.82 Å². The number of rotatable bonds is 4. The Morgan fingerprint density at radius 2 is 1.87 bits per heavy atom. The second-order valence-electron chi connectivity index (χ2n) is 9.08. The van der Waals surface area contributed by atoms with Gasteiger partial charge < -0.3 is 14.7 Å². The molecule has 0 amide bonds. The summed E-state index contributed by atoms with van der Waals surface area (Å²) in [6, 6.07) is 13.7. The van der Waals surface area contributed by atoms with Crippen LogP contribution in [-0.2, 0) is 16.0 Å². The molecule has 0 bridgehead atoms. The molecule has 0 spiro atoms. The number of hydrogen-bond donors (Lipinski definition) is 1. The van der Waals surface area contributed by atoms with Crippen molar-refractivity contribution in [1.29, 1.82) is 0 Å². The molecule has 2 aromatic rings. The molecule has 1 aliphatic carbocycles. The Bertz CT molecular complexity index is 938. The van der Waals surface area contributed by atoms with E-state index in [0.29, 0.717) is 0 Å². The van der Waals surface area contributed by atoms with Crippen molar-refractivity contribution < 1.29 is 19.0 Å². The van der Waals surface area contributed by atoms with Crippen LogP contribution in [0.25, 0.3) is 0 Å². The van der Waals surface area contributed by atoms with Gasteiger partial charge >= 0.3 is 5.97 Å². The van der Waals surface area contributed by atoms with E-state index in [1.165, 1.54) is 11.1 Å². The Morgan fingerprint density at radius 3 is 2.67 bits per heavy atom. The molecule has 2 aromatic carbocycles. The van der Waals surface area contributed by atoms with Crippen molar-refractivity contribution in [2.75, 3.05) is 19.6 Å². The SMILES string of the molecule is O=C(O)CC1CCN(CC2CC3c4ccccc4Cc4ccc(F)cc4C3O2)CC1. The summed E-state index contributed by atoms with van der Waals surface area (Å²) in [5.74, 6) is -0.363. The van der Waals surface area contributed by atoms with Crippen LogP contribution in [0, 0.1) is 11.7 Å². The zero-order chi connectivity index (χ0) is 20.7. The number of benzene rings is 2. The summed E-state index contributed by atoms with van der Waals surface area (Å²) in [5.41, 5.74) is 4.81. The molecule has 30 heavy (non-hydrogen) atoms. The average Bonchev–Trinajstić information content (AvgIpc) is 3.09. The summed E-state index contributed by atoms with van der Waals surface area (Å²) >= 11 is 0. The summed E-state index contributed by atoms with van der Waals surface area (Å²) in [4.78, 5) is 13.4. The number of halogens is 1. The Hall–Kier alpha value is -2.24. The van der Waals surface area contributed by atoms with Crippen LogP contribution >= 0.6 is 0 Å². The van der Waals surface area contributed by atoms with E-state index in [1.54, 1.807) is 12.1 Å². The fourth-order valence-corrected chi connectivity index (χ4v) is 5.62.